The van der Waals surface area contributed by atoms with Crippen LogP contribution in [0.2, 0.25) is 0 Å². The minimum Gasteiger partial charge on any atom is -0.391 e. The number of rotatable bonds is 47. The van der Waals surface area contributed by atoms with Gasteiger partial charge in [0.05, 0.1) is 25.4 Å². The zero-order valence-corrected chi connectivity index (χ0v) is 40.1. The van der Waals surface area contributed by atoms with Crippen LogP contribution in [0.15, 0.2) is 48.6 Å². The Balaban J connectivity index is 4.08. The van der Waals surface area contributed by atoms with Gasteiger partial charge in [-0.2, -0.15) is 0 Å². The molecule has 0 aliphatic rings. The number of amides is 1. The van der Waals surface area contributed by atoms with Crippen molar-refractivity contribution in [2.24, 2.45) is 5.73 Å². The smallest absolute Gasteiger partial charge is 0.391 e. The molecule has 0 aliphatic carbocycles. The Hall–Kier alpha value is -1.54. The van der Waals surface area contributed by atoms with Crippen molar-refractivity contribution >= 4 is 13.7 Å². The van der Waals surface area contributed by atoms with E-state index in [0.29, 0.717) is 12.8 Å². The third-order valence-electron chi connectivity index (χ3n) is 11.2. The summed E-state index contributed by atoms with van der Waals surface area (Å²) in [4.78, 5) is 22.8. The van der Waals surface area contributed by atoms with E-state index in [9.17, 15) is 19.4 Å². The summed E-state index contributed by atoms with van der Waals surface area (Å²) < 4.78 is 22.3. The number of aliphatic hydroxyl groups is 1. The molecular weight excluding hydrogens is 768 g/mol. The first-order valence-electron chi connectivity index (χ1n) is 25.3. The molecule has 0 rings (SSSR count). The molecule has 60 heavy (non-hydrogen) atoms. The summed E-state index contributed by atoms with van der Waals surface area (Å²) in [6.07, 6.45) is 58.4. The molecule has 0 aromatic carbocycles. The number of carbonyl (C=O) groups is 1. The van der Waals surface area contributed by atoms with Crippen molar-refractivity contribution in [3.05, 3.63) is 48.6 Å². The third-order valence-corrected chi connectivity index (χ3v) is 12.2. The summed E-state index contributed by atoms with van der Waals surface area (Å²) in [6.45, 7) is 4.11. The molecule has 5 N–H and O–H groups in total. The van der Waals surface area contributed by atoms with Gasteiger partial charge in [-0.25, -0.2) is 4.57 Å². The van der Waals surface area contributed by atoms with E-state index in [1.54, 1.807) is 0 Å². The number of phosphoric acid groups is 1. The Kier molecular flexibility index (Phi) is 45.7. The Labute approximate surface area is 371 Å². The van der Waals surface area contributed by atoms with E-state index in [4.69, 9.17) is 14.8 Å². The van der Waals surface area contributed by atoms with Crippen molar-refractivity contribution < 1.29 is 28.4 Å². The van der Waals surface area contributed by atoms with Gasteiger partial charge in [-0.15, -0.1) is 0 Å². The molecule has 0 aliphatic heterocycles. The number of nitrogens with two attached hydrogens (primary N) is 1. The number of phosphoric ester groups is 1. The Morgan fingerprint density at radius 3 is 1.42 bits per heavy atom. The molecular formula is C51H97N2O6P. The van der Waals surface area contributed by atoms with Crippen LogP contribution < -0.4 is 11.1 Å². The molecule has 0 radical (unpaired) electrons. The van der Waals surface area contributed by atoms with E-state index < -0.39 is 20.0 Å². The minimum absolute atomic E-state index is 0.0861. The number of hydrogen-bond acceptors (Lipinski definition) is 6. The topological polar surface area (TPSA) is 131 Å². The highest BCUT2D eigenvalue weighted by Gasteiger charge is 2.27. The molecule has 0 bridgehead atoms. The number of unbranched alkanes of at least 4 members (excludes halogenated alkanes) is 27. The van der Waals surface area contributed by atoms with Gasteiger partial charge in [0.25, 0.3) is 0 Å². The number of aliphatic hydroxyl groups excluding tert-OH is 1. The molecule has 8 nitrogen and oxygen atoms in total. The van der Waals surface area contributed by atoms with Crippen LogP contribution >= 0.6 is 7.82 Å². The van der Waals surface area contributed by atoms with Crippen LogP contribution in [0.4, 0.5) is 0 Å². The van der Waals surface area contributed by atoms with Crippen molar-refractivity contribution in [2.75, 3.05) is 19.8 Å². The molecule has 0 saturated heterocycles. The van der Waals surface area contributed by atoms with Gasteiger partial charge in [0.2, 0.25) is 5.91 Å². The average Bonchev–Trinajstić information content (AvgIpc) is 3.24. The third kappa shape index (κ3) is 44.5. The van der Waals surface area contributed by atoms with Crippen LogP contribution in [-0.4, -0.2) is 47.8 Å². The molecule has 0 heterocycles. The molecule has 0 fully saturated rings. The van der Waals surface area contributed by atoms with Gasteiger partial charge in [0, 0.05) is 13.0 Å². The van der Waals surface area contributed by atoms with Gasteiger partial charge < -0.3 is 21.1 Å². The fourth-order valence-corrected chi connectivity index (χ4v) is 8.18. The van der Waals surface area contributed by atoms with Crippen molar-refractivity contribution in [1.82, 2.24) is 5.32 Å². The van der Waals surface area contributed by atoms with Crippen molar-refractivity contribution in [1.29, 1.82) is 0 Å². The van der Waals surface area contributed by atoms with Gasteiger partial charge >= 0.3 is 7.82 Å². The summed E-state index contributed by atoms with van der Waals surface area (Å²) in [7, 11) is -4.32. The zero-order valence-electron chi connectivity index (χ0n) is 39.2. The highest BCUT2D eigenvalue weighted by atomic mass is 31.2. The van der Waals surface area contributed by atoms with Crippen molar-refractivity contribution in [3.8, 4) is 0 Å². The lowest BCUT2D eigenvalue weighted by atomic mass is 10.0. The summed E-state index contributed by atoms with van der Waals surface area (Å²) >= 11 is 0. The van der Waals surface area contributed by atoms with Gasteiger partial charge in [0.1, 0.15) is 0 Å². The first-order chi connectivity index (χ1) is 29.4. The second-order valence-electron chi connectivity index (χ2n) is 17.0. The van der Waals surface area contributed by atoms with Gasteiger partial charge in [0.15, 0.2) is 0 Å². The summed E-state index contributed by atoms with van der Waals surface area (Å²) in [6, 6.07) is -0.781. The second-order valence-corrected chi connectivity index (χ2v) is 18.5. The molecule has 9 heteroatoms. The molecule has 1 amide bonds. The van der Waals surface area contributed by atoms with Crippen molar-refractivity contribution in [3.63, 3.8) is 0 Å². The fraction of sp³-hybridized carbons (Fsp3) is 0.824. The van der Waals surface area contributed by atoms with E-state index in [1.807, 2.05) is 0 Å². The highest BCUT2D eigenvalue weighted by molar-refractivity contribution is 7.47. The highest BCUT2D eigenvalue weighted by Crippen LogP contribution is 2.43. The maximum absolute atomic E-state index is 12.8. The van der Waals surface area contributed by atoms with E-state index >= 15 is 0 Å². The average molecular weight is 865 g/mol. The minimum atomic E-state index is -4.32. The lowest BCUT2D eigenvalue weighted by Crippen LogP contribution is -2.46. The van der Waals surface area contributed by atoms with Crippen LogP contribution in [0.5, 0.6) is 0 Å². The monoisotopic (exact) mass is 865 g/mol. The quantitative estimate of drug-likeness (QED) is 0.0272. The van der Waals surface area contributed by atoms with E-state index in [-0.39, 0.29) is 25.7 Å². The number of hydrogen-bond donors (Lipinski definition) is 4. The lowest BCUT2D eigenvalue weighted by Gasteiger charge is -2.25. The lowest BCUT2D eigenvalue weighted by molar-refractivity contribution is -0.123. The molecule has 0 spiro atoms. The number of nitrogens with one attached hydrogen (secondary N) is 1. The second kappa shape index (κ2) is 47.0. The SMILES string of the molecule is CC/C=C\C/C=C\C/C=C\C/C=C\CCCCCCCCCCC(=O)NC(COP(=O)(O)OCCN)C(O)CCCCCCCCCCCCCCCCCCCCCC. The number of allylic oxidation sites excluding steroid dienone is 8. The Morgan fingerprint density at radius 1 is 0.567 bits per heavy atom. The maximum atomic E-state index is 12.8. The molecule has 3 atom stereocenters. The molecule has 0 saturated carbocycles. The summed E-state index contributed by atoms with van der Waals surface area (Å²) in [5, 5.41) is 13.9. The first kappa shape index (κ1) is 58.5. The molecule has 3 unspecified atom stereocenters. The Bertz CT molecular complexity index is 1080. The van der Waals surface area contributed by atoms with Crippen molar-refractivity contribution in [2.45, 2.75) is 251 Å². The normalized spacial score (nSPS) is 14.3. The molecule has 0 aromatic heterocycles. The number of carbonyl (C=O) groups excluding carboxylic acids is 1. The van der Waals surface area contributed by atoms with Crippen LogP contribution in [0.1, 0.15) is 239 Å². The fourth-order valence-electron chi connectivity index (χ4n) is 7.42. The van der Waals surface area contributed by atoms with Crippen LogP contribution in [0.3, 0.4) is 0 Å². The largest absolute Gasteiger partial charge is 0.472 e. The van der Waals surface area contributed by atoms with E-state index in [1.165, 1.54) is 141 Å². The Morgan fingerprint density at radius 2 is 0.967 bits per heavy atom. The van der Waals surface area contributed by atoms with Gasteiger partial charge in [-0.3, -0.25) is 13.8 Å². The van der Waals surface area contributed by atoms with Crippen LogP contribution in [0.25, 0.3) is 0 Å². The maximum Gasteiger partial charge on any atom is 0.472 e. The predicted octanol–water partition coefficient (Wildman–Crippen LogP) is 14.8. The summed E-state index contributed by atoms with van der Waals surface area (Å²) in [5.74, 6) is -0.169. The zero-order chi connectivity index (χ0) is 43.9. The van der Waals surface area contributed by atoms with E-state index in [0.717, 1.165) is 70.6 Å². The predicted molar refractivity (Wildman–Crippen MR) is 258 cm³/mol. The molecule has 0 aromatic rings. The van der Waals surface area contributed by atoms with Crippen LogP contribution in [-0.2, 0) is 18.4 Å². The van der Waals surface area contributed by atoms with E-state index in [2.05, 4.69) is 67.8 Å². The van der Waals surface area contributed by atoms with Gasteiger partial charge in [-0.1, -0.05) is 229 Å². The van der Waals surface area contributed by atoms with Gasteiger partial charge in [-0.05, 0) is 51.4 Å². The molecule has 352 valence electrons. The summed E-state index contributed by atoms with van der Waals surface area (Å²) in [5.41, 5.74) is 5.40. The first-order valence-corrected chi connectivity index (χ1v) is 26.7. The standard InChI is InChI=1S/C51H97N2O6P/c1-3-5-7-9-11-13-15-17-19-21-23-25-27-29-31-33-35-37-39-41-43-45-51(55)53-49(48-59-60(56,57)58-47-46-52)50(54)44-42-40-38-36-34-32-30-28-26-24-22-20-18-16-14-12-10-8-6-4-2/h5,7,11,13,17,19,23,25,49-50,54H,3-4,6,8-10,12,14-16,18,20-22,24,26-48,52H2,1-2H3,(H,53,55)(H,56,57)/b7-5-,13-11-,19-17-,25-23-. The van der Waals surface area contributed by atoms with Crippen LogP contribution in [0, 0.1) is 0 Å².